The largest absolute Gasteiger partial charge is 0.355 e. The van der Waals surface area contributed by atoms with E-state index >= 15 is 0 Å². The lowest BCUT2D eigenvalue weighted by Gasteiger charge is -2.25. The van der Waals surface area contributed by atoms with Crippen molar-refractivity contribution in [2.75, 3.05) is 13.1 Å². The zero-order valence-corrected chi connectivity index (χ0v) is 11.9. The van der Waals surface area contributed by atoms with Crippen molar-refractivity contribution in [1.82, 2.24) is 10.6 Å². The summed E-state index contributed by atoms with van der Waals surface area (Å²) in [5.41, 5.74) is 1.10. The van der Waals surface area contributed by atoms with Gasteiger partial charge in [-0.05, 0) is 30.4 Å². The van der Waals surface area contributed by atoms with Gasteiger partial charge < -0.3 is 10.6 Å². The second kappa shape index (κ2) is 6.20. The van der Waals surface area contributed by atoms with Crippen molar-refractivity contribution in [2.45, 2.75) is 44.6 Å². The van der Waals surface area contributed by atoms with Gasteiger partial charge in [0, 0.05) is 19.0 Å². The molecule has 2 rings (SSSR count). The molecule has 0 radical (unpaired) electrons. The first kappa shape index (κ1) is 14.1. The number of hydrogen-bond acceptors (Lipinski definition) is 2. The Morgan fingerprint density at radius 1 is 1.37 bits per heavy atom. The van der Waals surface area contributed by atoms with Crippen LogP contribution in [0.5, 0.6) is 0 Å². The van der Waals surface area contributed by atoms with Crippen LogP contribution in [0.4, 0.5) is 0 Å². The molecule has 19 heavy (non-hydrogen) atoms. The molecule has 1 heterocycles. The third-order valence-corrected chi connectivity index (χ3v) is 3.87. The van der Waals surface area contributed by atoms with Crippen LogP contribution in [0, 0.1) is 0 Å². The van der Waals surface area contributed by atoms with Crippen molar-refractivity contribution in [3.05, 3.63) is 35.9 Å². The van der Waals surface area contributed by atoms with Crippen LogP contribution in [0.1, 0.15) is 38.7 Å². The molecule has 1 aromatic carbocycles. The maximum Gasteiger partial charge on any atom is 0.220 e. The van der Waals surface area contributed by atoms with E-state index in [0.29, 0.717) is 12.5 Å². The molecule has 0 aromatic heterocycles. The molecule has 1 aliphatic rings. The third kappa shape index (κ3) is 4.06. The van der Waals surface area contributed by atoms with Gasteiger partial charge in [-0.15, -0.1) is 0 Å². The molecule has 3 heteroatoms. The van der Waals surface area contributed by atoms with Gasteiger partial charge >= 0.3 is 0 Å². The molecule has 1 unspecified atom stereocenters. The minimum atomic E-state index is -0.117. The summed E-state index contributed by atoms with van der Waals surface area (Å²) in [6.07, 6.45) is 2.92. The van der Waals surface area contributed by atoms with Gasteiger partial charge in [0.1, 0.15) is 0 Å². The van der Waals surface area contributed by atoms with Crippen molar-refractivity contribution in [3.63, 3.8) is 0 Å². The number of benzene rings is 1. The molecule has 0 aliphatic carbocycles. The molecule has 104 valence electrons. The standard InChI is InChI=1S/C16H24N2O/c1-16(2,13-7-4-3-5-8-13)11-15(19)18-12-14-9-6-10-17-14/h3-5,7-8,14,17H,6,9-12H2,1-2H3,(H,18,19). The van der Waals surface area contributed by atoms with Crippen molar-refractivity contribution < 1.29 is 4.79 Å². The van der Waals surface area contributed by atoms with Crippen LogP contribution in [0.2, 0.25) is 0 Å². The van der Waals surface area contributed by atoms with Gasteiger partial charge in [0.25, 0.3) is 0 Å². The molecule has 1 saturated heterocycles. The zero-order chi connectivity index (χ0) is 13.7. The van der Waals surface area contributed by atoms with Crippen LogP contribution in [-0.4, -0.2) is 25.0 Å². The summed E-state index contributed by atoms with van der Waals surface area (Å²) in [5.74, 6) is 0.141. The van der Waals surface area contributed by atoms with Crippen molar-refractivity contribution in [3.8, 4) is 0 Å². The number of amides is 1. The van der Waals surface area contributed by atoms with Gasteiger partial charge in [-0.2, -0.15) is 0 Å². The number of nitrogens with one attached hydrogen (secondary N) is 2. The van der Waals surface area contributed by atoms with Gasteiger partial charge in [0.05, 0.1) is 0 Å². The zero-order valence-electron chi connectivity index (χ0n) is 11.9. The predicted octanol–water partition coefficient (Wildman–Crippen LogP) is 2.22. The van der Waals surface area contributed by atoms with Gasteiger partial charge in [-0.1, -0.05) is 44.2 Å². The lowest BCUT2D eigenvalue weighted by molar-refractivity contribution is -0.122. The molecule has 3 nitrogen and oxygen atoms in total. The van der Waals surface area contributed by atoms with Crippen LogP contribution >= 0.6 is 0 Å². The van der Waals surface area contributed by atoms with Crippen molar-refractivity contribution in [1.29, 1.82) is 0 Å². The highest BCUT2D eigenvalue weighted by molar-refractivity contribution is 5.77. The van der Waals surface area contributed by atoms with Gasteiger partial charge in [0.15, 0.2) is 0 Å². The molecule has 0 spiro atoms. The molecule has 2 N–H and O–H groups in total. The Labute approximate surface area is 115 Å². The Morgan fingerprint density at radius 2 is 2.11 bits per heavy atom. The highest BCUT2D eigenvalue weighted by Crippen LogP contribution is 2.26. The van der Waals surface area contributed by atoms with E-state index in [1.807, 2.05) is 18.2 Å². The Bertz CT molecular complexity index is 408. The average Bonchev–Trinajstić information content (AvgIpc) is 2.90. The van der Waals surface area contributed by atoms with E-state index in [-0.39, 0.29) is 11.3 Å². The summed E-state index contributed by atoms with van der Waals surface area (Å²) in [6, 6.07) is 10.7. The Kier molecular flexibility index (Phi) is 4.59. The summed E-state index contributed by atoms with van der Waals surface area (Å²) >= 11 is 0. The SMILES string of the molecule is CC(C)(CC(=O)NCC1CCCN1)c1ccccc1. The summed E-state index contributed by atoms with van der Waals surface area (Å²) in [4.78, 5) is 12.0. The molecule has 1 fully saturated rings. The van der Waals surface area contributed by atoms with Gasteiger partial charge in [0.2, 0.25) is 5.91 Å². The minimum absolute atomic E-state index is 0.117. The highest BCUT2D eigenvalue weighted by atomic mass is 16.1. The smallest absolute Gasteiger partial charge is 0.220 e. The van der Waals surface area contributed by atoms with E-state index in [9.17, 15) is 4.79 Å². The number of carbonyl (C=O) groups excluding carboxylic acids is 1. The number of rotatable bonds is 5. The topological polar surface area (TPSA) is 41.1 Å². The Hall–Kier alpha value is -1.35. The molecule has 1 aromatic rings. The monoisotopic (exact) mass is 260 g/mol. The van der Waals surface area contributed by atoms with E-state index in [4.69, 9.17) is 0 Å². The first-order valence-corrected chi connectivity index (χ1v) is 7.13. The Morgan fingerprint density at radius 3 is 2.74 bits per heavy atom. The summed E-state index contributed by atoms with van der Waals surface area (Å²) in [7, 11) is 0. The Balaban J connectivity index is 1.83. The van der Waals surface area contributed by atoms with E-state index in [2.05, 4.69) is 36.6 Å². The number of hydrogen-bond donors (Lipinski definition) is 2. The van der Waals surface area contributed by atoms with Crippen LogP contribution in [0.3, 0.4) is 0 Å². The molecular weight excluding hydrogens is 236 g/mol. The lowest BCUT2D eigenvalue weighted by atomic mass is 9.81. The van der Waals surface area contributed by atoms with Crippen molar-refractivity contribution >= 4 is 5.91 Å². The molecule has 1 amide bonds. The van der Waals surface area contributed by atoms with Crippen LogP contribution < -0.4 is 10.6 Å². The summed E-state index contributed by atoms with van der Waals surface area (Å²) < 4.78 is 0. The fraction of sp³-hybridized carbons (Fsp3) is 0.562. The van der Waals surface area contributed by atoms with Gasteiger partial charge in [-0.3, -0.25) is 4.79 Å². The van der Waals surface area contributed by atoms with Crippen LogP contribution in [-0.2, 0) is 10.2 Å². The normalized spacial score (nSPS) is 19.4. The third-order valence-electron chi connectivity index (χ3n) is 3.87. The van der Waals surface area contributed by atoms with Gasteiger partial charge in [-0.25, -0.2) is 0 Å². The maximum absolute atomic E-state index is 12.0. The first-order valence-electron chi connectivity index (χ1n) is 7.13. The fourth-order valence-corrected chi connectivity index (χ4v) is 2.62. The lowest BCUT2D eigenvalue weighted by Crippen LogP contribution is -2.39. The molecule has 0 bridgehead atoms. The molecule has 1 aliphatic heterocycles. The fourth-order valence-electron chi connectivity index (χ4n) is 2.62. The minimum Gasteiger partial charge on any atom is -0.355 e. The van der Waals surface area contributed by atoms with E-state index in [1.54, 1.807) is 0 Å². The molecular formula is C16H24N2O. The highest BCUT2D eigenvalue weighted by Gasteiger charge is 2.24. The van der Waals surface area contributed by atoms with Crippen LogP contribution in [0.15, 0.2) is 30.3 Å². The number of carbonyl (C=O) groups is 1. The van der Waals surface area contributed by atoms with Crippen molar-refractivity contribution in [2.24, 2.45) is 0 Å². The second-order valence-electron chi connectivity index (χ2n) is 6.02. The van der Waals surface area contributed by atoms with E-state index in [0.717, 1.165) is 13.1 Å². The van der Waals surface area contributed by atoms with E-state index in [1.165, 1.54) is 18.4 Å². The second-order valence-corrected chi connectivity index (χ2v) is 6.02. The maximum atomic E-state index is 12.0. The quantitative estimate of drug-likeness (QED) is 0.852. The summed E-state index contributed by atoms with van der Waals surface area (Å²) in [6.45, 7) is 6.07. The van der Waals surface area contributed by atoms with Crippen LogP contribution in [0.25, 0.3) is 0 Å². The molecule has 1 atom stereocenters. The predicted molar refractivity (Wildman–Crippen MR) is 78.1 cm³/mol. The molecule has 0 saturated carbocycles. The van der Waals surface area contributed by atoms with E-state index < -0.39 is 0 Å². The first-order chi connectivity index (χ1) is 9.08. The average molecular weight is 260 g/mol. The summed E-state index contributed by atoms with van der Waals surface area (Å²) in [5, 5.41) is 6.44.